The van der Waals surface area contributed by atoms with Gasteiger partial charge < -0.3 is 19.9 Å². The highest BCUT2D eigenvalue weighted by Gasteiger charge is 2.47. The monoisotopic (exact) mass is 435 g/mol. The SMILES string of the molecule is CCCCN1CC(C)(C(=O)NCc2ccccc2)C(=O)c2ccc(N3CCOCC3)cc21. The van der Waals surface area contributed by atoms with E-state index in [4.69, 9.17) is 4.74 Å². The summed E-state index contributed by atoms with van der Waals surface area (Å²) in [5, 5.41) is 3.00. The fraction of sp³-hybridized carbons (Fsp3) is 0.462. The number of nitrogens with zero attached hydrogens (tertiary/aromatic N) is 2. The van der Waals surface area contributed by atoms with Crippen LogP contribution in [0.5, 0.6) is 0 Å². The Kier molecular flexibility index (Phi) is 6.80. The quantitative estimate of drug-likeness (QED) is 0.673. The second kappa shape index (κ2) is 9.74. The van der Waals surface area contributed by atoms with Gasteiger partial charge in [-0.1, -0.05) is 43.7 Å². The van der Waals surface area contributed by atoms with Gasteiger partial charge in [-0.05, 0) is 37.1 Å². The highest BCUT2D eigenvalue weighted by atomic mass is 16.5. The van der Waals surface area contributed by atoms with Gasteiger partial charge in [-0.15, -0.1) is 0 Å². The molecule has 6 nitrogen and oxygen atoms in total. The van der Waals surface area contributed by atoms with Gasteiger partial charge in [0.15, 0.2) is 5.78 Å². The standard InChI is InChI=1S/C26H33N3O3/c1-3-4-12-29-19-26(2,25(31)27-18-20-8-6-5-7-9-20)24(30)22-11-10-21(17-23(22)29)28-13-15-32-16-14-28/h5-11,17H,3-4,12-16,18-19H2,1-2H3,(H,27,31). The van der Waals surface area contributed by atoms with Gasteiger partial charge in [0.2, 0.25) is 5.91 Å². The lowest BCUT2D eigenvalue weighted by atomic mass is 9.76. The van der Waals surface area contributed by atoms with Crippen LogP contribution in [-0.2, 0) is 16.1 Å². The van der Waals surface area contributed by atoms with Crippen molar-refractivity contribution in [1.82, 2.24) is 5.32 Å². The largest absolute Gasteiger partial charge is 0.378 e. The molecule has 0 aliphatic carbocycles. The third-order valence-corrected chi connectivity index (χ3v) is 6.53. The molecular formula is C26H33N3O3. The van der Waals surface area contributed by atoms with Gasteiger partial charge in [-0.3, -0.25) is 9.59 Å². The summed E-state index contributed by atoms with van der Waals surface area (Å²) in [4.78, 5) is 31.4. The van der Waals surface area contributed by atoms with Gasteiger partial charge in [-0.2, -0.15) is 0 Å². The average Bonchev–Trinajstić information content (AvgIpc) is 2.84. The van der Waals surface area contributed by atoms with Gasteiger partial charge in [0.1, 0.15) is 5.41 Å². The first-order valence-corrected chi connectivity index (χ1v) is 11.6. The van der Waals surface area contributed by atoms with Crippen LogP contribution in [0.4, 0.5) is 11.4 Å². The maximum Gasteiger partial charge on any atom is 0.235 e. The zero-order valence-electron chi connectivity index (χ0n) is 19.1. The van der Waals surface area contributed by atoms with Gasteiger partial charge >= 0.3 is 0 Å². The molecule has 0 radical (unpaired) electrons. The number of fused-ring (bicyclic) bond motifs is 1. The van der Waals surface area contributed by atoms with Crippen molar-refractivity contribution in [2.75, 3.05) is 49.2 Å². The van der Waals surface area contributed by atoms with Crippen LogP contribution >= 0.6 is 0 Å². The molecule has 1 saturated heterocycles. The summed E-state index contributed by atoms with van der Waals surface area (Å²) in [6.07, 6.45) is 2.07. The molecule has 1 N–H and O–H groups in total. The minimum absolute atomic E-state index is 0.0978. The molecule has 32 heavy (non-hydrogen) atoms. The number of amides is 1. The number of hydrogen-bond acceptors (Lipinski definition) is 5. The Morgan fingerprint density at radius 1 is 1.12 bits per heavy atom. The summed E-state index contributed by atoms with van der Waals surface area (Å²) in [5.41, 5.74) is 2.60. The van der Waals surface area contributed by atoms with E-state index in [0.717, 1.165) is 62.6 Å². The van der Waals surface area contributed by atoms with Crippen LogP contribution in [0.15, 0.2) is 48.5 Å². The smallest absolute Gasteiger partial charge is 0.235 e. The molecule has 4 rings (SSSR count). The van der Waals surface area contributed by atoms with Gasteiger partial charge in [-0.25, -0.2) is 0 Å². The Morgan fingerprint density at radius 3 is 2.59 bits per heavy atom. The Hall–Kier alpha value is -2.86. The predicted molar refractivity (Wildman–Crippen MR) is 127 cm³/mol. The van der Waals surface area contributed by atoms with Gasteiger partial charge in [0.05, 0.1) is 13.2 Å². The van der Waals surface area contributed by atoms with E-state index < -0.39 is 5.41 Å². The van der Waals surface area contributed by atoms with Crippen molar-refractivity contribution in [1.29, 1.82) is 0 Å². The van der Waals surface area contributed by atoms with Crippen molar-refractivity contribution in [2.24, 2.45) is 5.41 Å². The zero-order valence-corrected chi connectivity index (χ0v) is 19.1. The third-order valence-electron chi connectivity index (χ3n) is 6.53. The fourth-order valence-electron chi connectivity index (χ4n) is 4.52. The molecule has 6 heteroatoms. The van der Waals surface area contributed by atoms with Crippen molar-refractivity contribution in [3.63, 3.8) is 0 Å². The maximum atomic E-state index is 13.6. The summed E-state index contributed by atoms with van der Waals surface area (Å²) >= 11 is 0. The number of carbonyl (C=O) groups is 2. The van der Waals surface area contributed by atoms with E-state index in [1.807, 2.05) is 42.5 Å². The lowest BCUT2D eigenvalue weighted by Gasteiger charge is -2.41. The van der Waals surface area contributed by atoms with Crippen molar-refractivity contribution in [2.45, 2.75) is 33.2 Å². The minimum Gasteiger partial charge on any atom is -0.378 e. The second-order valence-electron chi connectivity index (χ2n) is 8.91. The Balaban J connectivity index is 1.60. The summed E-state index contributed by atoms with van der Waals surface area (Å²) in [7, 11) is 0. The molecular weight excluding hydrogens is 402 g/mol. The van der Waals surface area contributed by atoms with E-state index in [2.05, 4.69) is 28.1 Å². The van der Waals surface area contributed by atoms with Crippen LogP contribution < -0.4 is 15.1 Å². The molecule has 1 unspecified atom stereocenters. The van der Waals surface area contributed by atoms with E-state index in [9.17, 15) is 9.59 Å². The number of nitrogens with one attached hydrogen (secondary N) is 1. The van der Waals surface area contributed by atoms with Crippen LogP contribution in [0.25, 0.3) is 0 Å². The van der Waals surface area contributed by atoms with Crippen LogP contribution in [-0.4, -0.2) is 51.1 Å². The molecule has 2 aliphatic heterocycles. The number of hydrogen-bond donors (Lipinski definition) is 1. The molecule has 0 spiro atoms. The molecule has 170 valence electrons. The summed E-state index contributed by atoms with van der Waals surface area (Å²) in [6.45, 7) is 8.71. The maximum absolute atomic E-state index is 13.6. The number of anilines is 2. The lowest BCUT2D eigenvalue weighted by molar-refractivity contribution is -0.127. The van der Waals surface area contributed by atoms with Crippen molar-refractivity contribution >= 4 is 23.1 Å². The Bertz CT molecular complexity index is 956. The number of morpholine rings is 1. The van der Waals surface area contributed by atoms with E-state index in [0.29, 0.717) is 18.7 Å². The van der Waals surface area contributed by atoms with Crippen LogP contribution in [0.1, 0.15) is 42.6 Å². The van der Waals surface area contributed by atoms with Crippen LogP contribution in [0.3, 0.4) is 0 Å². The molecule has 2 heterocycles. The Morgan fingerprint density at radius 2 is 1.88 bits per heavy atom. The Labute approximate surface area is 190 Å². The number of ketones is 1. The number of rotatable bonds is 7. The third kappa shape index (κ3) is 4.51. The summed E-state index contributed by atoms with van der Waals surface area (Å²) in [5.74, 6) is -0.310. The van der Waals surface area contributed by atoms with Crippen LogP contribution in [0, 0.1) is 5.41 Å². The van der Waals surface area contributed by atoms with Gasteiger partial charge in [0.25, 0.3) is 0 Å². The van der Waals surface area contributed by atoms with E-state index >= 15 is 0 Å². The number of unbranched alkanes of at least 4 members (excludes halogenated alkanes) is 1. The number of carbonyl (C=O) groups excluding carboxylic acids is 2. The van der Waals surface area contributed by atoms with E-state index in [-0.39, 0.29) is 11.7 Å². The highest BCUT2D eigenvalue weighted by Crippen LogP contribution is 2.39. The van der Waals surface area contributed by atoms with Crippen molar-refractivity contribution in [3.05, 3.63) is 59.7 Å². The summed E-state index contributed by atoms with van der Waals surface area (Å²) < 4.78 is 5.48. The normalized spacial score (nSPS) is 20.8. The number of Topliss-reactive ketones (excluding diaryl/α,β-unsaturated/α-hetero) is 1. The topological polar surface area (TPSA) is 61.9 Å². The number of benzene rings is 2. The molecule has 0 bridgehead atoms. The van der Waals surface area contributed by atoms with Crippen LogP contribution in [0.2, 0.25) is 0 Å². The second-order valence-corrected chi connectivity index (χ2v) is 8.91. The fourth-order valence-corrected chi connectivity index (χ4v) is 4.52. The highest BCUT2D eigenvalue weighted by molar-refractivity contribution is 6.18. The first-order valence-electron chi connectivity index (χ1n) is 11.6. The average molecular weight is 436 g/mol. The predicted octanol–water partition coefficient (Wildman–Crippen LogP) is 3.65. The molecule has 1 fully saturated rings. The first kappa shape index (κ1) is 22.3. The molecule has 2 aliphatic rings. The van der Waals surface area contributed by atoms with Crippen molar-refractivity contribution in [3.8, 4) is 0 Å². The first-order chi connectivity index (χ1) is 15.5. The molecule has 0 saturated carbocycles. The number of ether oxygens (including phenoxy) is 1. The van der Waals surface area contributed by atoms with E-state index in [1.165, 1.54) is 0 Å². The molecule has 0 aromatic heterocycles. The molecule has 2 aromatic rings. The molecule has 2 aromatic carbocycles. The van der Waals surface area contributed by atoms with Crippen molar-refractivity contribution < 1.29 is 14.3 Å². The summed E-state index contributed by atoms with van der Waals surface area (Å²) in [6, 6.07) is 15.8. The minimum atomic E-state index is -1.12. The molecule has 1 amide bonds. The van der Waals surface area contributed by atoms with E-state index in [1.54, 1.807) is 6.92 Å². The van der Waals surface area contributed by atoms with Gasteiger partial charge in [0, 0.05) is 49.7 Å². The molecule has 1 atom stereocenters. The zero-order chi connectivity index (χ0) is 22.6. The lowest BCUT2D eigenvalue weighted by Crippen LogP contribution is -2.54.